The second kappa shape index (κ2) is 11.5. The van der Waals surface area contributed by atoms with Crippen molar-refractivity contribution in [2.75, 3.05) is 20.1 Å². The highest BCUT2D eigenvalue weighted by Crippen LogP contribution is 2.46. The largest absolute Gasteiger partial charge is 0.372 e. The average Bonchev–Trinajstić information content (AvgIpc) is 3.19. The van der Waals surface area contributed by atoms with Crippen LogP contribution in [0.25, 0.3) is 28.2 Å². The maximum atomic E-state index is 14.7. The van der Waals surface area contributed by atoms with Crippen molar-refractivity contribution in [1.29, 1.82) is 0 Å². The van der Waals surface area contributed by atoms with E-state index >= 15 is 0 Å². The number of fused-ring (bicyclic) bond motifs is 5. The Kier molecular flexibility index (Phi) is 7.91. The molecule has 43 heavy (non-hydrogen) atoms. The maximum Gasteiger partial charge on any atom is 0.301 e. The lowest BCUT2D eigenvalue weighted by molar-refractivity contribution is -0.139. The maximum absolute atomic E-state index is 14.7. The molecule has 2 N–H and O–H groups in total. The van der Waals surface area contributed by atoms with Crippen molar-refractivity contribution in [3.05, 3.63) is 64.5 Å². The van der Waals surface area contributed by atoms with Gasteiger partial charge in [0.1, 0.15) is 5.82 Å². The molecule has 6 rings (SSSR count). The smallest absolute Gasteiger partial charge is 0.301 e. The minimum atomic E-state index is -4.00. The molecule has 2 amide bonds. The van der Waals surface area contributed by atoms with Crippen molar-refractivity contribution < 1.29 is 27.1 Å². The molecule has 3 aromatic rings. The normalized spacial score (nSPS) is 21.1. The molecule has 0 bridgehead atoms. The van der Waals surface area contributed by atoms with E-state index in [4.69, 9.17) is 4.74 Å². The second-order valence-electron chi connectivity index (χ2n) is 11.9. The summed E-state index contributed by atoms with van der Waals surface area (Å²) in [5.41, 5.74) is 4.92. The summed E-state index contributed by atoms with van der Waals surface area (Å²) in [4.78, 5) is 28.9. The van der Waals surface area contributed by atoms with Crippen LogP contribution in [0.15, 0.2) is 42.0 Å². The van der Waals surface area contributed by atoms with Crippen LogP contribution in [0, 0.1) is 5.82 Å². The third-order valence-electron chi connectivity index (χ3n) is 8.78. The first-order chi connectivity index (χ1) is 20.5. The second-order valence-corrected chi connectivity index (χ2v) is 13.5. The lowest BCUT2D eigenvalue weighted by Gasteiger charge is -2.35. The number of hydrogen-bond donors (Lipinski definition) is 2. The molecule has 0 spiro atoms. The van der Waals surface area contributed by atoms with E-state index in [9.17, 15) is 22.4 Å². The number of morpholine rings is 1. The number of aromatic nitrogens is 1. The van der Waals surface area contributed by atoms with Gasteiger partial charge in [0.15, 0.2) is 0 Å². The van der Waals surface area contributed by atoms with Gasteiger partial charge >= 0.3 is 10.2 Å². The van der Waals surface area contributed by atoms with Crippen molar-refractivity contribution in [3.63, 3.8) is 0 Å². The van der Waals surface area contributed by atoms with Gasteiger partial charge in [0, 0.05) is 47.7 Å². The highest BCUT2D eigenvalue weighted by molar-refractivity contribution is 7.88. The fourth-order valence-electron chi connectivity index (χ4n) is 6.96. The molecule has 1 saturated heterocycles. The van der Waals surface area contributed by atoms with Gasteiger partial charge < -0.3 is 14.2 Å². The van der Waals surface area contributed by atoms with Crippen LogP contribution in [0.5, 0.6) is 0 Å². The zero-order chi connectivity index (χ0) is 30.5. The van der Waals surface area contributed by atoms with Crippen LogP contribution < -0.4 is 9.44 Å². The van der Waals surface area contributed by atoms with Gasteiger partial charge in [-0.2, -0.15) is 8.42 Å². The Hall–Kier alpha value is -3.54. The van der Waals surface area contributed by atoms with Crippen LogP contribution in [0.4, 0.5) is 4.39 Å². The monoisotopic (exact) mass is 608 g/mol. The van der Waals surface area contributed by atoms with E-state index in [1.54, 1.807) is 29.2 Å². The molecule has 2 aromatic carbocycles. The first-order valence-electron chi connectivity index (χ1n) is 14.9. The summed E-state index contributed by atoms with van der Waals surface area (Å²) in [6.07, 6.45) is 6.97. The van der Waals surface area contributed by atoms with E-state index < -0.39 is 16.1 Å². The first-order valence-corrected chi connectivity index (χ1v) is 16.4. The highest BCUT2D eigenvalue weighted by Gasteiger charge is 2.33. The molecule has 2 atom stereocenters. The highest BCUT2D eigenvalue weighted by atomic mass is 32.2. The average molecular weight is 609 g/mol. The Morgan fingerprint density at radius 3 is 2.42 bits per heavy atom. The molecular formula is C32H37FN4O5S. The molecule has 3 aliphatic rings. The fourth-order valence-corrected chi connectivity index (χ4v) is 7.42. The molecule has 11 heteroatoms. The van der Waals surface area contributed by atoms with Crippen LogP contribution in [0.1, 0.15) is 73.4 Å². The SMILES string of the molecule is CNS(=O)(=O)NC(=O)c1ccc2c(C3CCCCC3)c3n(c2c1)CC(C(=O)N1C[C@@H](C)O[C@@H](C)C1)=Cc1cc(F)ccc1-3. The molecule has 0 unspecified atom stereocenters. The van der Waals surface area contributed by atoms with E-state index in [-0.39, 0.29) is 42.0 Å². The molecular weight excluding hydrogens is 571 g/mol. The molecule has 2 aliphatic heterocycles. The van der Waals surface area contributed by atoms with Crippen molar-refractivity contribution in [2.24, 2.45) is 0 Å². The van der Waals surface area contributed by atoms with Crippen molar-refractivity contribution in [3.8, 4) is 11.3 Å². The number of halogens is 1. The van der Waals surface area contributed by atoms with Crippen molar-refractivity contribution >= 4 is 39.0 Å². The number of amides is 2. The van der Waals surface area contributed by atoms with Gasteiger partial charge in [0.2, 0.25) is 0 Å². The predicted molar refractivity (Wildman–Crippen MR) is 163 cm³/mol. The molecule has 3 heterocycles. The van der Waals surface area contributed by atoms with Gasteiger partial charge in [0.05, 0.1) is 24.4 Å². The molecule has 2 fully saturated rings. The van der Waals surface area contributed by atoms with Crippen LogP contribution in [0.2, 0.25) is 0 Å². The molecule has 0 radical (unpaired) electrons. The van der Waals surface area contributed by atoms with Crippen molar-refractivity contribution in [2.45, 2.75) is 70.6 Å². The third kappa shape index (κ3) is 5.73. The lowest BCUT2D eigenvalue weighted by atomic mass is 9.81. The van der Waals surface area contributed by atoms with E-state index in [1.807, 2.05) is 24.6 Å². The fraction of sp³-hybridized carbons (Fsp3) is 0.438. The number of hydrogen-bond acceptors (Lipinski definition) is 5. The Bertz CT molecular complexity index is 1730. The summed E-state index contributed by atoms with van der Waals surface area (Å²) in [6.45, 7) is 5.00. The summed E-state index contributed by atoms with van der Waals surface area (Å²) < 4.78 is 50.9. The number of benzene rings is 2. The van der Waals surface area contributed by atoms with Crippen LogP contribution in [-0.2, 0) is 26.3 Å². The number of carbonyl (C=O) groups is 2. The molecule has 9 nitrogen and oxygen atoms in total. The number of ether oxygens (including phenoxy) is 1. The summed E-state index contributed by atoms with van der Waals surface area (Å²) in [5, 5.41) is 0.951. The number of carbonyl (C=O) groups excluding carboxylic acids is 2. The Morgan fingerprint density at radius 1 is 1.00 bits per heavy atom. The number of nitrogens with one attached hydrogen (secondary N) is 2. The minimum Gasteiger partial charge on any atom is -0.372 e. The molecule has 1 aliphatic carbocycles. The van der Waals surface area contributed by atoms with Crippen molar-refractivity contribution in [1.82, 2.24) is 18.9 Å². The zero-order valence-corrected chi connectivity index (χ0v) is 25.5. The van der Waals surface area contributed by atoms with Gasteiger partial charge in [0.25, 0.3) is 11.8 Å². The predicted octanol–water partition coefficient (Wildman–Crippen LogP) is 4.72. The first kappa shape index (κ1) is 29.5. The third-order valence-corrected chi connectivity index (χ3v) is 9.78. The summed E-state index contributed by atoms with van der Waals surface area (Å²) >= 11 is 0. The van der Waals surface area contributed by atoms with E-state index in [2.05, 4.69) is 9.29 Å². The Morgan fingerprint density at radius 2 is 1.72 bits per heavy atom. The van der Waals surface area contributed by atoms with Gasteiger partial charge in [-0.25, -0.2) is 13.8 Å². The quantitative estimate of drug-likeness (QED) is 0.436. The van der Waals surface area contributed by atoms with E-state index in [1.165, 1.54) is 25.6 Å². The van der Waals surface area contributed by atoms with Crippen LogP contribution >= 0.6 is 0 Å². The summed E-state index contributed by atoms with van der Waals surface area (Å²) in [6, 6.07) is 9.91. The van der Waals surface area contributed by atoms with Crippen LogP contribution in [0.3, 0.4) is 0 Å². The van der Waals surface area contributed by atoms with E-state index in [0.29, 0.717) is 24.2 Å². The molecule has 1 saturated carbocycles. The van der Waals surface area contributed by atoms with Gasteiger partial charge in [-0.15, -0.1) is 0 Å². The molecule has 1 aromatic heterocycles. The summed E-state index contributed by atoms with van der Waals surface area (Å²) in [5.74, 6) is -1.03. The summed E-state index contributed by atoms with van der Waals surface area (Å²) in [7, 11) is -2.78. The molecule has 228 valence electrons. The van der Waals surface area contributed by atoms with E-state index in [0.717, 1.165) is 53.4 Å². The van der Waals surface area contributed by atoms with Crippen LogP contribution in [-0.4, -0.2) is 62.0 Å². The number of nitrogens with zero attached hydrogens (tertiary/aromatic N) is 2. The standard InChI is InChI=1S/C32H37FN4O5S/c1-19-16-36(17-20(2)42-19)32(39)24-13-23-14-25(33)10-12-26(23)30-29(21-7-5-4-6-8-21)27-11-9-22(15-28(27)37(30)18-24)31(38)35-43(40,41)34-3/h9-15,19-21,34H,4-8,16-18H2,1-3H3,(H,35,38)/t19-,20+. The topological polar surface area (TPSA) is 110 Å². The zero-order valence-electron chi connectivity index (χ0n) is 24.7. The van der Waals surface area contributed by atoms with Gasteiger partial charge in [-0.3, -0.25) is 9.59 Å². The Labute approximate surface area is 251 Å². The minimum absolute atomic E-state index is 0.111. The van der Waals surface area contributed by atoms with Gasteiger partial charge in [-0.05, 0) is 80.1 Å². The Balaban J connectivity index is 1.55. The van der Waals surface area contributed by atoms with Gasteiger partial charge in [-0.1, -0.05) is 25.3 Å². The lowest BCUT2D eigenvalue weighted by Crippen LogP contribution is -2.48. The number of rotatable bonds is 5.